The number of nitrogens with one attached hydrogen (secondary N) is 1. The van der Waals surface area contributed by atoms with Crippen LogP contribution in [0.5, 0.6) is 0 Å². The minimum atomic E-state index is -0.450. The molecule has 166 valence electrons. The topological polar surface area (TPSA) is 125 Å². The summed E-state index contributed by atoms with van der Waals surface area (Å²) in [5, 5.41) is 13.3. The Kier molecular flexibility index (Phi) is 6.31. The molecular formula is C25H24N6O2. The Morgan fingerprint density at radius 3 is 2.73 bits per heavy atom. The maximum Gasteiger partial charge on any atom is 0.249 e. The molecule has 1 aliphatic rings. The van der Waals surface area contributed by atoms with Crippen LogP contribution < -0.4 is 11.1 Å². The fourth-order valence-corrected chi connectivity index (χ4v) is 3.93. The molecule has 1 saturated heterocycles. The van der Waals surface area contributed by atoms with Crippen LogP contribution in [0.2, 0.25) is 0 Å². The van der Waals surface area contributed by atoms with Crippen molar-refractivity contribution in [3.05, 3.63) is 60.6 Å². The van der Waals surface area contributed by atoms with Crippen LogP contribution >= 0.6 is 0 Å². The number of piperidine rings is 1. The van der Waals surface area contributed by atoms with Gasteiger partial charge in [0.15, 0.2) is 0 Å². The van der Waals surface area contributed by atoms with E-state index in [9.17, 15) is 9.59 Å². The molecule has 8 heteroatoms. The number of aryl methyl sites for hydroxylation is 1. The van der Waals surface area contributed by atoms with Crippen molar-refractivity contribution in [2.75, 3.05) is 24.1 Å². The van der Waals surface area contributed by atoms with Gasteiger partial charge in [-0.1, -0.05) is 0 Å². The third-order valence-corrected chi connectivity index (χ3v) is 5.84. The Morgan fingerprint density at radius 1 is 1.21 bits per heavy atom. The van der Waals surface area contributed by atoms with Gasteiger partial charge in [-0.05, 0) is 60.5 Å². The number of nitriles is 1. The molecule has 1 aromatic carbocycles. The summed E-state index contributed by atoms with van der Waals surface area (Å²) in [6.07, 6.45) is 8.94. The van der Waals surface area contributed by atoms with E-state index in [4.69, 9.17) is 11.0 Å². The number of rotatable bonds is 4. The first kappa shape index (κ1) is 22.0. The molecule has 2 amide bonds. The van der Waals surface area contributed by atoms with Gasteiger partial charge in [0.2, 0.25) is 11.8 Å². The van der Waals surface area contributed by atoms with Crippen LogP contribution in [0.25, 0.3) is 21.9 Å². The predicted molar refractivity (Wildman–Crippen MR) is 127 cm³/mol. The number of carbonyl (C=O) groups is 2. The lowest BCUT2D eigenvalue weighted by Gasteiger charge is -2.28. The van der Waals surface area contributed by atoms with Crippen molar-refractivity contribution < 1.29 is 9.59 Å². The van der Waals surface area contributed by atoms with Crippen LogP contribution in [0, 0.1) is 24.2 Å². The van der Waals surface area contributed by atoms with E-state index in [0.29, 0.717) is 37.4 Å². The molecule has 4 rings (SSSR count). The number of hydrogen-bond acceptors (Lipinski definition) is 6. The number of amides is 2. The van der Waals surface area contributed by atoms with Crippen molar-refractivity contribution in [3.63, 3.8) is 0 Å². The Hall–Kier alpha value is -4.25. The van der Waals surface area contributed by atoms with Crippen molar-refractivity contribution in [1.82, 2.24) is 14.9 Å². The maximum atomic E-state index is 12.3. The van der Waals surface area contributed by atoms with Crippen molar-refractivity contribution in [2.45, 2.75) is 19.8 Å². The first-order valence-electron chi connectivity index (χ1n) is 10.7. The van der Waals surface area contributed by atoms with E-state index in [1.807, 2.05) is 25.1 Å². The van der Waals surface area contributed by atoms with Gasteiger partial charge in [-0.15, -0.1) is 0 Å². The standard InChI is InChI=1S/C25H24N6O2/c1-16-4-7-28-14-20(16)18-10-19-12-23(29-15-21(19)22(27)11-18)30-24(32)2-3-25(33)31-8-5-17(13-26)6-9-31/h2-4,7,10-12,14-15,17H,5-6,8-9,27H2,1H3,(H,29,30,32)/b3-2+. The predicted octanol–water partition coefficient (Wildman–Crippen LogP) is 3.44. The fourth-order valence-electron chi connectivity index (χ4n) is 3.93. The van der Waals surface area contributed by atoms with E-state index in [0.717, 1.165) is 27.5 Å². The highest BCUT2D eigenvalue weighted by molar-refractivity contribution is 6.04. The number of benzene rings is 1. The van der Waals surface area contributed by atoms with Crippen LogP contribution in [-0.4, -0.2) is 39.8 Å². The number of likely N-dealkylation sites (tertiary alicyclic amines) is 1. The largest absolute Gasteiger partial charge is 0.398 e. The third kappa shape index (κ3) is 4.99. The van der Waals surface area contributed by atoms with Crippen molar-refractivity contribution in [1.29, 1.82) is 5.26 Å². The van der Waals surface area contributed by atoms with E-state index in [2.05, 4.69) is 21.4 Å². The minimum absolute atomic E-state index is 0.00284. The zero-order chi connectivity index (χ0) is 23.4. The van der Waals surface area contributed by atoms with E-state index >= 15 is 0 Å². The molecule has 8 nitrogen and oxygen atoms in total. The van der Waals surface area contributed by atoms with Crippen LogP contribution in [0.1, 0.15) is 18.4 Å². The van der Waals surface area contributed by atoms with Gasteiger partial charge >= 0.3 is 0 Å². The zero-order valence-corrected chi connectivity index (χ0v) is 18.3. The number of hydrogen-bond donors (Lipinski definition) is 2. The summed E-state index contributed by atoms with van der Waals surface area (Å²) < 4.78 is 0. The maximum absolute atomic E-state index is 12.3. The summed E-state index contributed by atoms with van der Waals surface area (Å²) in [4.78, 5) is 34.8. The molecule has 33 heavy (non-hydrogen) atoms. The van der Waals surface area contributed by atoms with E-state index in [1.165, 1.54) is 12.2 Å². The highest BCUT2D eigenvalue weighted by atomic mass is 16.2. The lowest BCUT2D eigenvalue weighted by molar-refractivity contribution is -0.127. The molecule has 0 radical (unpaired) electrons. The molecule has 3 heterocycles. The first-order valence-corrected chi connectivity index (χ1v) is 10.7. The molecule has 0 spiro atoms. The summed E-state index contributed by atoms with van der Waals surface area (Å²) in [6, 6.07) is 9.80. The SMILES string of the molecule is Cc1ccncc1-c1cc(N)c2cnc(NC(=O)/C=C/C(=O)N3CCC(C#N)CC3)cc2c1. The summed E-state index contributed by atoms with van der Waals surface area (Å²) >= 11 is 0. The minimum Gasteiger partial charge on any atom is -0.398 e. The normalized spacial score (nSPS) is 14.4. The highest BCUT2D eigenvalue weighted by Crippen LogP contribution is 2.31. The highest BCUT2D eigenvalue weighted by Gasteiger charge is 2.21. The molecule has 0 saturated carbocycles. The average Bonchev–Trinajstić information content (AvgIpc) is 2.82. The van der Waals surface area contributed by atoms with Gasteiger partial charge in [0.05, 0.1) is 6.07 Å². The summed E-state index contributed by atoms with van der Waals surface area (Å²) in [6.45, 7) is 3.06. The van der Waals surface area contributed by atoms with Crippen LogP contribution in [0.3, 0.4) is 0 Å². The van der Waals surface area contributed by atoms with Crippen LogP contribution in [0.15, 0.2) is 55.0 Å². The number of anilines is 2. The van der Waals surface area contributed by atoms with Gasteiger partial charge in [0.25, 0.3) is 0 Å². The number of pyridine rings is 2. The van der Waals surface area contributed by atoms with Gasteiger partial charge < -0.3 is 16.0 Å². The summed E-state index contributed by atoms with van der Waals surface area (Å²) in [5.41, 5.74) is 9.82. The smallest absolute Gasteiger partial charge is 0.249 e. The lowest BCUT2D eigenvalue weighted by atomic mass is 9.98. The van der Waals surface area contributed by atoms with Gasteiger partial charge in [-0.3, -0.25) is 14.6 Å². The van der Waals surface area contributed by atoms with Gasteiger partial charge in [-0.2, -0.15) is 5.26 Å². The number of nitrogens with two attached hydrogens (primary N) is 1. The Morgan fingerprint density at radius 2 is 2.00 bits per heavy atom. The van der Waals surface area contributed by atoms with Crippen molar-refractivity contribution >= 4 is 34.1 Å². The number of fused-ring (bicyclic) bond motifs is 1. The van der Waals surface area contributed by atoms with E-state index < -0.39 is 5.91 Å². The van der Waals surface area contributed by atoms with Gasteiger partial charge in [0, 0.05) is 66.4 Å². The Labute approximate surface area is 191 Å². The second-order valence-corrected chi connectivity index (χ2v) is 8.10. The Bertz CT molecular complexity index is 1290. The monoisotopic (exact) mass is 440 g/mol. The second-order valence-electron chi connectivity index (χ2n) is 8.10. The summed E-state index contributed by atoms with van der Waals surface area (Å²) in [7, 11) is 0. The first-order chi connectivity index (χ1) is 15.9. The van der Waals surface area contributed by atoms with Crippen molar-refractivity contribution in [3.8, 4) is 17.2 Å². The third-order valence-electron chi connectivity index (χ3n) is 5.84. The average molecular weight is 441 g/mol. The van der Waals surface area contributed by atoms with Gasteiger partial charge in [0.1, 0.15) is 5.82 Å². The molecule has 3 N–H and O–H groups in total. The Balaban J connectivity index is 1.48. The summed E-state index contributed by atoms with van der Waals surface area (Å²) in [5.74, 6) is -0.331. The fraction of sp³-hybridized carbons (Fsp3) is 0.240. The molecule has 0 bridgehead atoms. The van der Waals surface area contributed by atoms with E-state index in [1.54, 1.807) is 29.6 Å². The van der Waals surface area contributed by atoms with Crippen LogP contribution in [0.4, 0.5) is 11.5 Å². The van der Waals surface area contributed by atoms with Crippen molar-refractivity contribution in [2.24, 2.45) is 5.92 Å². The van der Waals surface area contributed by atoms with E-state index in [-0.39, 0.29) is 11.8 Å². The second kappa shape index (κ2) is 9.49. The number of carbonyl (C=O) groups excluding carboxylic acids is 2. The quantitative estimate of drug-likeness (QED) is 0.473. The molecular weight excluding hydrogens is 416 g/mol. The number of aromatic nitrogens is 2. The molecule has 3 aromatic rings. The molecule has 0 aliphatic carbocycles. The molecule has 1 fully saturated rings. The molecule has 1 aliphatic heterocycles. The number of nitrogens with zero attached hydrogens (tertiary/aromatic N) is 4. The van der Waals surface area contributed by atoms with Crippen LogP contribution in [-0.2, 0) is 9.59 Å². The zero-order valence-electron chi connectivity index (χ0n) is 18.3. The van der Waals surface area contributed by atoms with Gasteiger partial charge in [-0.25, -0.2) is 4.98 Å². The molecule has 0 atom stereocenters. The number of nitrogen functional groups attached to an aromatic ring is 1. The molecule has 0 unspecified atom stereocenters. The lowest BCUT2D eigenvalue weighted by Crippen LogP contribution is -2.37. The molecule has 2 aromatic heterocycles.